The second-order valence-corrected chi connectivity index (χ2v) is 8.89. The highest BCUT2D eigenvalue weighted by atomic mass is 19.4. The molecule has 1 aliphatic heterocycles. The predicted octanol–water partition coefficient (Wildman–Crippen LogP) is 5.98. The van der Waals surface area contributed by atoms with Crippen LogP contribution in [0.3, 0.4) is 0 Å². The summed E-state index contributed by atoms with van der Waals surface area (Å²) in [6, 6.07) is 5.94. The number of aromatic nitrogens is 2. The zero-order valence-electron chi connectivity index (χ0n) is 18.7. The molecule has 2 fully saturated rings. The molecule has 1 N–H and O–H groups in total. The average Bonchev–Trinajstić information content (AvgIpc) is 2.80. The predicted molar refractivity (Wildman–Crippen MR) is 118 cm³/mol. The van der Waals surface area contributed by atoms with Gasteiger partial charge in [-0.3, -0.25) is 0 Å². The van der Waals surface area contributed by atoms with Crippen molar-refractivity contribution in [2.24, 2.45) is 5.92 Å². The van der Waals surface area contributed by atoms with Gasteiger partial charge in [-0.2, -0.15) is 4.98 Å². The zero-order valence-corrected chi connectivity index (χ0v) is 18.7. The van der Waals surface area contributed by atoms with Crippen LogP contribution in [0.1, 0.15) is 51.9 Å². The highest BCUT2D eigenvalue weighted by Crippen LogP contribution is 2.33. The van der Waals surface area contributed by atoms with Crippen molar-refractivity contribution < 1.29 is 27.4 Å². The van der Waals surface area contributed by atoms with Gasteiger partial charge in [0.25, 0.3) is 0 Å². The minimum atomic E-state index is -4.73. The SMILES string of the molecule is CC1CCC(Nc2ncc(-c3ccc(OC(F)(F)F)cc3)c(OCC3CCCCO3)n2)CC1. The molecule has 0 amide bonds. The van der Waals surface area contributed by atoms with Crippen LogP contribution in [0.5, 0.6) is 11.6 Å². The van der Waals surface area contributed by atoms with E-state index in [0.29, 0.717) is 35.6 Å². The van der Waals surface area contributed by atoms with E-state index in [1.807, 2.05) is 0 Å². The molecule has 6 nitrogen and oxygen atoms in total. The molecule has 4 rings (SSSR count). The van der Waals surface area contributed by atoms with Crippen LogP contribution in [-0.4, -0.2) is 41.7 Å². The van der Waals surface area contributed by atoms with E-state index in [1.54, 1.807) is 18.3 Å². The van der Waals surface area contributed by atoms with Gasteiger partial charge in [0.15, 0.2) is 0 Å². The van der Waals surface area contributed by atoms with Gasteiger partial charge in [0.2, 0.25) is 11.8 Å². The summed E-state index contributed by atoms with van der Waals surface area (Å²) in [6.45, 7) is 3.35. The first-order valence-corrected chi connectivity index (χ1v) is 11.6. The normalized spacial score (nSPS) is 23.7. The minimum Gasteiger partial charge on any atom is -0.474 e. The lowest BCUT2D eigenvalue weighted by atomic mass is 9.87. The Morgan fingerprint density at radius 3 is 2.48 bits per heavy atom. The van der Waals surface area contributed by atoms with E-state index >= 15 is 0 Å². The molecule has 9 heteroatoms. The largest absolute Gasteiger partial charge is 0.573 e. The summed E-state index contributed by atoms with van der Waals surface area (Å²) in [5, 5.41) is 3.41. The van der Waals surface area contributed by atoms with Gasteiger partial charge in [-0.05, 0) is 68.6 Å². The fourth-order valence-corrected chi connectivity index (χ4v) is 4.28. The number of ether oxygens (including phenoxy) is 3. The number of hydrogen-bond donors (Lipinski definition) is 1. The van der Waals surface area contributed by atoms with E-state index in [1.165, 1.54) is 25.0 Å². The number of anilines is 1. The van der Waals surface area contributed by atoms with Gasteiger partial charge in [-0.1, -0.05) is 19.1 Å². The maximum atomic E-state index is 12.5. The molecule has 2 heterocycles. The Labute approximate surface area is 191 Å². The zero-order chi connectivity index (χ0) is 23.3. The molecule has 1 saturated heterocycles. The first-order chi connectivity index (χ1) is 15.9. The van der Waals surface area contributed by atoms with E-state index < -0.39 is 6.36 Å². The van der Waals surface area contributed by atoms with Gasteiger partial charge in [0, 0.05) is 18.8 Å². The van der Waals surface area contributed by atoms with Crippen LogP contribution in [0, 0.1) is 5.92 Å². The van der Waals surface area contributed by atoms with Crippen molar-refractivity contribution in [1.29, 1.82) is 0 Å². The van der Waals surface area contributed by atoms with Crippen molar-refractivity contribution in [3.05, 3.63) is 30.5 Å². The van der Waals surface area contributed by atoms with Gasteiger partial charge < -0.3 is 19.5 Å². The molecular weight excluding hydrogens is 435 g/mol. The number of nitrogens with zero attached hydrogens (tertiary/aromatic N) is 2. The van der Waals surface area contributed by atoms with E-state index in [4.69, 9.17) is 9.47 Å². The third-order valence-corrected chi connectivity index (χ3v) is 6.18. The summed E-state index contributed by atoms with van der Waals surface area (Å²) in [5.41, 5.74) is 1.24. The molecule has 1 aromatic heterocycles. The third-order valence-electron chi connectivity index (χ3n) is 6.18. The fraction of sp³-hybridized carbons (Fsp3) is 0.583. The van der Waals surface area contributed by atoms with Crippen LogP contribution in [-0.2, 0) is 4.74 Å². The minimum absolute atomic E-state index is 0.000341. The lowest BCUT2D eigenvalue weighted by Crippen LogP contribution is -2.27. The molecule has 1 aliphatic carbocycles. The second kappa shape index (κ2) is 10.6. The lowest BCUT2D eigenvalue weighted by Gasteiger charge is -2.27. The number of nitrogens with one attached hydrogen (secondary N) is 1. The molecule has 180 valence electrons. The Morgan fingerprint density at radius 1 is 1.06 bits per heavy atom. The molecular formula is C24H30F3N3O3. The summed E-state index contributed by atoms with van der Waals surface area (Å²) in [4.78, 5) is 9.08. The monoisotopic (exact) mass is 465 g/mol. The molecule has 0 spiro atoms. The van der Waals surface area contributed by atoms with Gasteiger partial charge in [-0.15, -0.1) is 13.2 Å². The highest BCUT2D eigenvalue weighted by molar-refractivity contribution is 5.69. The Bertz CT molecular complexity index is 894. The molecule has 1 saturated carbocycles. The van der Waals surface area contributed by atoms with Crippen molar-refractivity contribution >= 4 is 5.95 Å². The molecule has 2 aliphatic rings. The highest BCUT2D eigenvalue weighted by Gasteiger charge is 2.31. The topological polar surface area (TPSA) is 65.5 Å². The van der Waals surface area contributed by atoms with Crippen molar-refractivity contribution in [2.45, 2.75) is 70.4 Å². The lowest BCUT2D eigenvalue weighted by molar-refractivity contribution is -0.274. The van der Waals surface area contributed by atoms with Gasteiger partial charge in [0.1, 0.15) is 12.4 Å². The van der Waals surface area contributed by atoms with Crippen LogP contribution in [0.25, 0.3) is 11.1 Å². The number of alkyl halides is 3. The van der Waals surface area contributed by atoms with Gasteiger partial charge >= 0.3 is 6.36 Å². The van der Waals surface area contributed by atoms with Crippen molar-refractivity contribution in [3.63, 3.8) is 0 Å². The van der Waals surface area contributed by atoms with Gasteiger partial charge in [0.05, 0.1) is 11.7 Å². The smallest absolute Gasteiger partial charge is 0.474 e. The van der Waals surface area contributed by atoms with Crippen molar-refractivity contribution in [3.8, 4) is 22.8 Å². The van der Waals surface area contributed by atoms with E-state index in [2.05, 4.69) is 26.9 Å². The number of halogens is 3. The van der Waals surface area contributed by atoms with Crippen molar-refractivity contribution in [1.82, 2.24) is 9.97 Å². The average molecular weight is 466 g/mol. The fourth-order valence-electron chi connectivity index (χ4n) is 4.28. The number of rotatable bonds is 7. The number of benzene rings is 1. The maximum absolute atomic E-state index is 12.5. The van der Waals surface area contributed by atoms with Gasteiger partial charge in [-0.25, -0.2) is 4.98 Å². The third kappa shape index (κ3) is 6.96. The second-order valence-electron chi connectivity index (χ2n) is 8.89. The van der Waals surface area contributed by atoms with E-state index in [0.717, 1.165) is 44.6 Å². The van der Waals surface area contributed by atoms with Crippen LogP contribution < -0.4 is 14.8 Å². The Kier molecular flexibility index (Phi) is 7.57. The Balaban J connectivity index is 1.52. The van der Waals surface area contributed by atoms with E-state index in [9.17, 15) is 13.2 Å². The summed E-state index contributed by atoms with van der Waals surface area (Å²) < 4.78 is 53.2. The van der Waals surface area contributed by atoms with Crippen LogP contribution >= 0.6 is 0 Å². The standard InChI is InChI=1S/C24H30F3N3O3/c1-16-5-9-18(10-6-16)29-23-28-14-21(17-7-11-19(12-8-17)33-24(25,26)27)22(30-23)32-15-20-4-2-3-13-31-20/h7-8,11-12,14,16,18,20H,2-6,9-10,13,15H2,1H3,(H,28,29,30). The van der Waals surface area contributed by atoms with Crippen LogP contribution in [0.2, 0.25) is 0 Å². The molecule has 2 aromatic rings. The molecule has 0 bridgehead atoms. The Morgan fingerprint density at radius 2 is 1.82 bits per heavy atom. The van der Waals surface area contributed by atoms with Crippen LogP contribution in [0.15, 0.2) is 30.5 Å². The maximum Gasteiger partial charge on any atom is 0.573 e. The number of hydrogen-bond acceptors (Lipinski definition) is 6. The summed E-state index contributed by atoms with van der Waals surface area (Å²) in [5.74, 6) is 1.34. The molecule has 1 atom stereocenters. The molecule has 33 heavy (non-hydrogen) atoms. The van der Waals surface area contributed by atoms with E-state index in [-0.39, 0.29) is 11.9 Å². The molecule has 0 radical (unpaired) electrons. The van der Waals surface area contributed by atoms with Crippen LogP contribution in [0.4, 0.5) is 19.1 Å². The first-order valence-electron chi connectivity index (χ1n) is 11.6. The summed E-state index contributed by atoms with van der Waals surface area (Å²) in [7, 11) is 0. The first kappa shape index (κ1) is 23.6. The quantitative estimate of drug-likeness (QED) is 0.543. The summed E-state index contributed by atoms with van der Waals surface area (Å²) in [6.07, 6.45) is 4.47. The Hall–Kier alpha value is -2.55. The molecule has 1 unspecified atom stereocenters. The molecule has 1 aromatic carbocycles. The summed E-state index contributed by atoms with van der Waals surface area (Å²) >= 11 is 0. The van der Waals surface area contributed by atoms with Crippen molar-refractivity contribution in [2.75, 3.05) is 18.5 Å².